The summed E-state index contributed by atoms with van der Waals surface area (Å²) in [7, 11) is 0. The number of carbonyl (C=O) groups is 4. The molecule has 4 N–H and O–H groups in total. The average molecular weight is 480 g/mol. The van der Waals surface area contributed by atoms with Gasteiger partial charge in [0.15, 0.2) is 0 Å². The van der Waals surface area contributed by atoms with Gasteiger partial charge in [-0.2, -0.15) is 0 Å². The SMILES string of the molecule is NC(=O)CN1CCCC(C(=O)N2CCCNC(=O)c3cc(Cl)ccc3OCCNC(=O)C2)C1. The van der Waals surface area contributed by atoms with Crippen molar-refractivity contribution >= 4 is 35.2 Å². The highest BCUT2D eigenvalue weighted by Crippen LogP contribution is 2.23. The van der Waals surface area contributed by atoms with Crippen molar-refractivity contribution < 1.29 is 23.9 Å². The van der Waals surface area contributed by atoms with Crippen molar-refractivity contribution in [3.05, 3.63) is 28.8 Å². The predicted octanol–water partition coefficient (Wildman–Crippen LogP) is -0.00560. The Kier molecular flexibility index (Phi) is 8.90. The molecule has 1 aromatic rings. The standard InChI is InChI=1S/C22H30ClN5O5/c23-16-4-5-18-17(11-16)21(31)26-6-2-9-28(14-20(30)25-7-10-33-18)22(32)15-3-1-8-27(12-15)13-19(24)29/h4-5,11,15H,1-3,6-10,12-14H2,(H2,24,29)(H,25,30)(H,26,31). The van der Waals surface area contributed by atoms with Crippen molar-refractivity contribution in [1.82, 2.24) is 20.4 Å². The molecule has 11 heteroatoms. The Balaban J connectivity index is 1.67. The summed E-state index contributed by atoms with van der Waals surface area (Å²) in [6, 6.07) is 4.79. The van der Waals surface area contributed by atoms with E-state index >= 15 is 0 Å². The molecule has 2 heterocycles. The summed E-state index contributed by atoms with van der Waals surface area (Å²) in [5.41, 5.74) is 5.61. The zero-order valence-electron chi connectivity index (χ0n) is 18.5. The molecule has 1 aromatic carbocycles. The first-order valence-electron chi connectivity index (χ1n) is 11.1. The minimum Gasteiger partial charge on any atom is -0.491 e. The predicted molar refractivity (Wildman–Crippen MR) is 122 cm³/mol. The summed E-state index contributed by atoms with van der Waals surface area (Å²) in [5, 5.41) is 5.99. The van der Waals surface area contributed by atoms with E-state index in [1.54, 1.807) is 12.1 Å². The molecule has 3 rings (SSSR count). The third-order valence-electron chi connectivity index (χ3n) is 5.64. The minimum atomic E-state index is -0.429. The number of nitrogens with one attached hydrogen (secondary N) is 2. The molecule has 1 fully saturated rings. The van der Waals surface area contributed by atoms with Crippen molar-refractivity contribution in [2.45, 2.75) is 19.3 Å². The number of primary amides is 1. The lowest BCUT2D eigenvalue weighted by Crippen LogP contribution is -2.49. The number of nitrogens with two attached hydrogens (primary N) is 1. The summed E-state index contributed by atoms with van der Waals surface area (Å²) >= 11 is 6.03. The molecule has 1 atom stereocenters. The molecule has 33 heavy (non-hydrogen) atoms. The van der Waals surface area contributed by atoms with Crippen LogP contribution in [0.25, 0.3) is 0 Å². The van der Waals surface area contributed by atoms with Gasteiger partial charge in [-0.25, -0.2) is 0 Å². The maximum Gasteiger partial charge on any atom is 0.255 e. The van der Waals surface area contributed by atoms with Crippen LogP contribution in [0.5, 0.6) is 5.75 Å². The molecular formula is C22H30ClN5O5. The largest absolute Gasteiger partial charge is 0.491 e. The number of hydrogen-bond donors (Lipinski definition) is 3. The zero-order chi connectivity index (χ0) is 23.8. The summed E-state index contributed by atoms with van der Waals surface area (Å²) in [4.78, 5) is 53.0. The number of amides is 4. The Morgan fingerprint density at radius 2 is 1.97 bits per heavy atom. The van der Waals surface area contributed by atoms with E-state index < -0.39 is 5.91 Å². The number of likely N-dealkylation sites (tertiary alicyclic amines) is 1. The highest BCUT2D eigenvalue weighted by molar-refractivity contribution is 6.31. The molecule has 0 saturated carbocycles. The van der Waals surface area contributed by atoms with E-state index in [1.807, 2.05) is 4.90 Å². The number of fused-ring (bicyclic) bond motifs is 1. The summed E-state index contributed by atoms with van der Waals surface area (Å²) < 4.78 is 5.66. The van der Waals surface area contributed by atoms with Crippen molar-refractivity contribution in [2.24, 2.45) is 11.7 Å². The Morgan fingerprint density at radius 3 is 2.76 bits per heavy atom. The summed E-state index contributed by atoms with van der Waals surface area (Å²) in [6.45, 7) is 2.19. The highest BCUT2D eigenvalue weighted by Gasteiger charge is 2.30. The molecular weight excluding hydrogens is 450 g/mol. The fourth-order valence-corrected chi connectivity index (χ4v) is 4.27. The van der Waals surface area contributed by atoms with Crippen LogP contribution in [0.3, 0.4) is 0 Å². The van der Waals surface area contributed by atoms with E-state index in [2.05, 4.69) is 10.6 Å². The van der Waals surface area contributed by atoms with Gasteiger partial charge in [-0.05, 0) is 44.0 Å². The third kappa shape index (κ3) is 7.33. The molecule has 2 aliphatic rings. The second kappa shape index (κ2) is 11.9. The zero-order valence-corrected chi connectivity index (χ0v) is 19.2. The van der Waals surface area contributed by atoms with Gasteiger partial charge in [-0.15, -0.1) is 0 Å². The number of carbonyl (C=O) groups excluding carboxylic acids is 4. The number of hydrogen-bond acceptors (Lipinski definition) is 6. The van der Waals surface area contributed by atoms with Crippen LogP contribution in [0.4, 0.5) is 0 Å². The second-order valence-electron chi connectivity index (χ2n) is 8.25. The molecule has 1 saturated heterocycles. The lowest BCUT2D eigenvalue weighted by atomic mass is 9.96. The molecule has 0 radical (unpaired) electrons. The molecule has 2 aliphatic heterocycles. The first-order chi connectivity index (χ1) is 15.8. The van der Waals surface area contributed by atoms with Crippen LogP contribution in [0.2, 0.25) is 5.02 Å². The van der Waals surface area contributed by atoms with Crippen LogP contribution in [0.15, 0.2) is 18.2 Å². The summed E-state index contributed by atoms with van der Waals surface area (Å²) in [6.07, 6.45) is 1.94. The van der Waals surface area contributed by atoms with Gasteiger partial charge in [-0.1, -0.05) is 11.6 Å². The first kappa shape index (κ1) is 24.8. The van der Waals surface area contributed by atoms with Gasteiger partial charge in [0.25, 0.3) is 5.91 Å². The molecule has 1 unspecified atom stereocenters. The van der Waals surface area contributed by atoms with Crippen LogP contribution in [0, 0.1) is 5.92 Å². The molecule has 10 nitrogen and oxygen atoms in total. The first-order valence-corrected chi connectivity index (χ1v) is 11.5. The van der Waals surface area contributed by atoms with Crippen molar-refractivity contribution in [2.75, 3.05) is 52.4 Å². The third-order valence-corrected chi connectivity index (χ3v) is 5.87. The van der Waals surface area contributed by atoms with Gasteiger partial charge < -0.3 is 26.0 Å². The van der Waals surface area contributed by atoms with Crippen LogP contribution >= 0.6 is 11.6 Å². The van der Waals surface area contributed by atoms with E-state index in [-0.39, 0.29) is 49.9 Å². The smallest absolute Gasteiger partial charge is 0.255 e. The lowest BCUT2D eigenvalue weighted by Gasteiger charge is -2.34. The topological polar surface area (TPSA) is 134 Å². The van der Waals surface area contributed by atoms with Crippen LogP contribution in [-0.2, 0) is 14.4 Å². The van der Waals surface area contributed by atoms with Gasteiger partial charge in [-0.3, -0.25) is 24.1 Å². The Hall–Kier alpha value is -2.85. The highest BCUT2D eigenvalue weighted by atomic mass is 35.5. The molecule has 4 amide bonds. The van der Waals surface area contributed by atoms with Crippen molar-refractivity contribution in [3.63, 3.8) is 0 Å². The monoisotopic (exact) mass is 479 g/mol. The molecule has 0 spiro atoms. The van der Waals surface area contributed by atoms with Gasteiger partial charge in [0.1, 0.15) is 12.4 Å². The van der Waals surface area contributed by atoms with Gasteiger partial charge >= 0.3 is 0 Å². The maximum absolute atomic E-state index is 13.2. The van der Waals surface area contributed by atoms with Gasteiger partial charge in [0, 0.05) is 24.7 Å². The molecule has 180 valence electrons. The lowest BCUT2D eigenvalue weighted by molar-refractivity contribution is -0.141. The van der Waals surface area contributed by atoms with Crippen LogP contribution in [0.1, 0.15) is 29.6 Å². The van der Waals surface area contributed by atoms with Gasteiger partial charge in [0.2, 0.25) is 17.7 Å². The quantitative estimate of drug-likeness (QED) is 0.558. The van der Waals surface area contributed by atoms with Crippen molar-refractivity contribution in [3.8, 4) is 5.75 Å². The molecule has 0 aromatic heterocycles. The van der Waals surface area contributed by atoms with Crippen molar-refractivity contribution in [1.29, 1.82) is 0 Å². The number of benzene rings is 1. The number of halogens is 1. The second-order valence-corrected chi connectivity index (χ2v) is 8.69. The van der Waals surface area contributed by atoms with E-state index in [1.165, 1.54) is 11.0 Å². The van der Waals surface area contributed by atoms with E-state index in [0.29, 0.717) is 55.4 Å². The van der Waals surface area contributed by atoms with E-state index in [4.69, 9.17) is 22.1 Å². The van der Waals surface area contributed by atoms with Crippen LogP contribution in [-0.4, -0.2) is 85.8 Å². The fourth-order valence-electron chi connectivity index (χ4n) is 4.10. The maximum atomic E-state index is 13.2. The normalized spacial score (nSPS) is 21.1. The van der Waals surface area contributed by atoms with E-state index in [0.717, 1.165) is 6.42 Å². The van der Waals surface area contributed by atoms with Crippen LogP contribution < -0.4 is 21.1 Å². The minimum absolute atomic E-state index is 0.0781. The Morgan fingerprint density at radius 1 is 1.15 bits per heavy atom. The summed E-state index contributed by atoms with van der Waals surface area (Å²) in [5.74, 6) is -1.09. The Labute approximate surface area is 197 Å². The fraction of sp³-hybridized carbons (Fsp3) is 0.545. The average Bonchev–Trinajstić information content (AvgIpc) is 2.78. The van der Waals surface area contributed by atoms with E-state index in [9.17, 15) is 19.2 Å². The number of rotatable bonds is 3. The Bertz CT molecular complexity index is 896. The van der Waals surface area contributed by atoms with Gasteiger partial charge in [0.05, 0.1) is 31.1 Å². The molecule has 0 bridgehead atoms. The number of ether oxygens (including phenoxy) is 1. The number of piperidine rings is 1. The number of nitrogens with zero attached hydrogens (tertiary/aromatic N) is 2. The molecule has 0 aliphatic carbocycles.